The van der Waals surface area contributed by atoms with E-state index in [2.05, 4.69) is 15.3 Å². The number of aromatic amines is 1. The van der Waals surface area contributed by atoms with Crippen LogP contribution in [0.3, 0.4) is 0 Å². The third-order valence-electron chi connectivity index (χ3n) is 3.68. The Balaban J connectivity index is 1.68. The van der Waals surface area contributed by atoms with E-state index in [0.29, 0.717) is 11.3 Å². The summed E-state index contributed by atoms with van der Waals surface area (Å²) >= 11 is 0. The van der Waals surface area contributed by atoms with Crippen LogP contribution in [0.1, 0.15) is 17.2 Å². The van der Waals surface area contributed by atoms with E-state index in [0.717, 1.165) is 11.0 Å². The summed E-state index contributed by atoms with van der Waals surface area (Å²) in [7, 11) is 0. The molecule has 0 aliphatic heterocycles. The van der Waals surface area contributed by atoms with Crippen LogP contribution in [0.2, 0.25) is 0 Å². The molecule has 2 heterocycles. The molecular weight excluding hydrogens is 297 g/mol. The van der Waals surface area contributed by atoms with Crippen LogP contribution in [0.5, 0.6) is 0 Å². The standard InChI is InChI=1S/C17H16FN3O2/c18-13-4-1-11(2-5-13)15(10-22)17(23)20-9-14-6-3-12-7-8-19-16(12)21-14/h1-8,15,22H,9-10H2,(H,19,21)(H,20,23). The number of amides is 1. The van der Waals surface area contributed by atoms with Gasteiger partial charge in [0.2, 0.25) is 5.91 Å². The molecule has 0 spiro atoms. The summed E-state index contributed by atoms with van der Waals surface area (Å²) in [6.45, 7) is -0.0912. The number of pyridine rings is 1. The number of aliphatic hydroxyl groups excluding tert-OH is 1. The maximum atomic E-state index is 13.0. The molecule has 3 N–H and O–H groups in total. The number of benzene rings is 1. The van der Waals surface area contributed by atoms with Gasteiger partial charge in [-0.2, -0.15) is 0 Å². The van der Waals surface area contributed by atoms with Crippen LogP contribution in [0.4, 0.5) is 4.39 Å². The van der Waals surface area contributed by atoms with Crippen molar-refractivity contribution in [1.29, 1.82) is 0 Å². The fourth-order valence-electron chi connectivity index (χ4n) is 2.40. The van der Waals surface area contributed by atoms with Gasteiger partial charge in [-0.3, -0.25) is 4.79 Å². The predicted octanol–water partition coefficient (Wildman–Crippen LogP) is 2.09. The average Bonchev–Trinajstić information content (AvgIpc) is 3.03. The Labute approximate surface area is 132 Å². The summed E-state index contributed by atoms with van der Waals surface area (Å²) in [4.78, 5) is 19.7. The van der Waals surface area contributed by atoms with Gasteiger partial charge in [0.25, 0.3) is 0 Å². The van der Waals surface area contributed by atoms with E-state index in [1.165, 1.54) is 24.3 Å². The number of halogens is 1. The highest BCUT2D eigenvalue weighted by Crippen LogP contribution is 2.16. The highest BCUT2D eigenvalue weighted by Gasteiger charge is 2.19. The van der Waals surface area contributed by atoms with Gasteiger partial charge in [0.15, 0.2) is 0 Å². The first-order valence-electron chi connectivity index (χ1n) is 7.24. The van der Waals surface area contributed by atoms with E-state index in [1.807, 2.05) is 18.2 Å². The van der Waals surface area contributed by atoms with E-state index >= 15 is 0 Å². The Morgan fingerprint density at radius 2 is 2.00 bits per heavy atom. The minimum absolute atomic E-state index is 0.255. The van der Waals surface area contributed by atoms with Crippen molar-refractivity contribution in [2.75, 3.05) is 6.61 Å². The van der Waals surface area contributed by atoms with Crippen LogP contribution in [-0.4, -0.2) is 27.6 Å². The van der Waals surface area contributed by atoms with Crippen LogP contribution >= 0.6 is 0 Å². The maximum Gasteiger partial charge on any atom is 0.230 e. The van der Waals surface area contributed by atoms with Gasteiger partial charge in [-0.05, 0) is 35.9 Å². The second-order valence-corrected chi connectivity index (χ2v) is 5.22. The number of aliphatic hydroxyl groups is 1. The number of nitrogens with one attached hydrogen (secondary N) is 2. The minimum Gasteiger partial charge on any atom is -0.395 e. The number of hydrogen-bond acceptors (Lipinski definition) is 3. The Kier molecular flexibility index (Phi) is 4.34. The first-order chi connectivity index (χ1) is 11.2. The van der Waals surface area contributed by atoms with E-state index < -0.39 is 5.92 Å². The molecule has 1 unspecified atom stereocenters. The third kappa shape index (κ3) is 3.37. The molecule has 3 aromatic rings. The fraction of sp³-hybridized carbons (Fsp3) is 0.176. The Hall–Kier alpha value is -2.73. The molecule has 23 heavy (non-hydrogen) atoms. The molecule has 118 valence electrons. The number of carbonyl (C=O) groups excluding carboxylic acids is 1. The first-order valence-corrected chi connectivity index (χ1v) is 7.24. The van der Waals surface area contributed by atoms with Crippen LogP contribution in [0.25, 0.3) is 11.0 Å². The zero-order valence-corrected chi connectivity index (χ0v) is 12.3. The molecule has 0 saturated carbocycles. The zero-order valence-electron chi connectivity index (χ0n) is 12.3. The molecule has 6 heteroatoms. The lowest BCUT2D eigenvalue weighted by molar-refractivity contribution is -0.123. The molecule has 0 aliphatic carbocycles. The number of rotatable bonds is 5. The topological polar surface area (TPSA) is 78.0 Å². The van der Waals surface area contributed by atoms with E-state index in [1.54, 1.807) is 6.20 Å². The number of H-pyrrole nitrogens is 1. The normalized spacial score (nSPS) is 12.3. The van der Waals surface area contributed by atoms with Gasteiger partial charge in [0.05, 0.1) is 24.8 Å². The van der Waals surface area contributed by atoms with Crippen molar-refractivity contribution in [3.8, 4) is 0 Å². The molecule has 0 bridgehead atoms. The van der Waals surface area contributed by atoms with Gasteiger partial charge in [-0.25, -0.2) is 9.37 Å². The summed E-state index contributed by atoms with van der Waals surface area (Å²) in [6, 6.07) is 11.2. The smallest absolute Gasteiger partial charge is 0.230 e. The van der Waals surface area contributed by atoms with Crippen LogP contribution in [0, 0.1) is 5.82 Å². The molecular formula is C17H16FN3O2. The number of fused-ring (bicyclic) bond motifs is 1. The molecule has 1 aromatic carbocycles. The summed E-state index contributed by atoms with van der Waals surface area (Å²) in [5, 5.41) is 13.2. The van der Waals surface area contributed by atoms with Gasteiger partial charge < -0.3 is 15.4 Å². The fourth-order valence-corrected chi connectivity index (χ4v) is 2.40. The van der Waals surface area contributed by atoms with Crippen LogP contribution in [0.15, 0.2) is 48.7 Å². The minimum atomic E-state index is -0.732. The summed E-state index contributed by atoms with van der Waals surface area (Å²) in [6.07, 6.45) is 1.80. The molecule has 1 atom stereocenters. The monoisotopic (exact) mass is 313 g/mol. The Bertz CT molecular complexity index is 814. The summed E-state index contributed by atoms with van der Waals surface area (Å²) < 4.78 is 13.0. The largest absolute Gasteiger partial charge is 0.395 e. The van der Waals surface area contributed by atoms with Gasteiger partial charge in [-0.15, -0.1) is 0 Å². The lowest BCUT2D eigenvalue weighted by atomic mass is 9.99. The SMILES string of the molecule is O=C(NCc1ccc2cc[nH]c2n1)C(CO)c1ccc(F)cc1. The Morgan fingerprint density at radius 3 is 2.74 bits per heavy atom. The third-order valence-corrected chi connectivity index (χ3v) is 3.68. The molecule has 0 aliphatic rings. The number of aromatic nitrogens is 2. The molecule has 0 saturated heterocycles. The van der Waals surface area contributed by atoms with E-state index in [-0.39, 0.29) is 24.9 Å². The van der Waals surface area contributed by atoms with Crippen molar-refractivity contribution >= 4 is 16.9 Å². The average molecular weight is 313 g/mol. The van der Waals surface area contributed by atoms with Gasteiger partial charge in [-0.1, -0.05) is 12.1 Å². The molecule has 2 aromatic heterocycles. The van der Waals surface area contributed by atoms with Crippen molar-refractivity contribution in [3.05, 3.63) is 65.7 Å². The second-order valence-electron chi connectivity index (χ2n) is 5.22. The number of hydrogen-bond donors (Lipinski definition) is 3. The van der Waals surface area contributed by atoms with Crippen molar-refractivity contribution in [2.24, 2.45) is 0 Å². The molecule has 3 rings (SSSR count). The highest BCUT2D eigenvalue weighted by atomic mass is 19.1. The lowest BCUT2D eigenvalue weighted by Gasteiger charge is -2.14. The molecule has 1 amide bonds. The Morgan fingerprint density at radius 1 is 1.22 bits per heavy atom. The predicted molar refractivity (Wildman–Crippen MR) is 84.2 cm³/mol. The highest BCUT2D eigenvalue weighted by molar-refractivity contribution is 5.83. The number of nitrogens with zero attached hydrogens (tertiary/aromatic N) is 1. The van der Waals surface area contributed by atoms with Crippen LogP contribution < -0.4 is 5.32 Å². The van der Waals surface area contributed by atoms with Gasteiger partial charge >= 0.3 is 0 Å². The second kappa shape index (κ2) is 6.58. The van der Waals surface area contributed by atoms with Gasteiger partial charge in [0.1, 0.15) is 11.5 Å². The van der Waals surface area contributed by atoms with Gasteiger partial charge in [0, 0.05) is 11.6 Å². The zero-order chi connectivity index (χ0) is 16.2. The van der Waals surface area contributed by atoms with E-state index in [4.69, 9.17) is 0 Å². The lowest BCUT2D eigenvalue weighted by Crippen LogP contribution is -2.31. The molecule has 0 fully saturated rings. The van der Waals surface area contributed by atoms with Crippen molar-refractivity contribution < 1.29 is 14.3 Å². The molecule has 5 nitrogen and oxygen atoms in total. The van der Waals surface area contributed by atoms with E-state index in [9.17, 15) is 14.3 Å². The maximum absolute atomic E-state index is 13.0. The van der Waals surface area contributed by atoms with Crippen molar-refractivity contribution in [2.45, 2.75) is 12.5 Å². The molecule has 0 radical (unpaired) electrons. The summed E-state index contributed by atoms with van der Waals surface area (Å²) in [5.41, 5.74) is 2.04. The van der Waals surface area contributed by atoms with Crippen molar-refractivity contribution in [1.82, 2.24) is 15.3 Å². The van der Waals surface area contributed by atoms with Crippen LogP contribution in [-0.2, 0) is 11.3 Å². The summed E-state index contributed by atoms with van der Waals surface area (Å²) in [5.74, 6) is -1.44. The van der Waals surface area contributed by atoms with Crippen molar-refractivity contribution in [3.63, 3.8) is 0 Å². The number of carbonyl (C=O) groups is 1. The quantitative estimate of drug-likeness (QED) is 0.675. The first kappa shape index (κ1) is 15.2.